The maximum atomic E-state index is 13.3. The van der Waals surface area contributed by atoms with E-state index in [-0.39, 0.29) is 17.6 Å². The molecule has 0 aliphatic heterocycles. The van der Waals surface area contributed by atoms with Gasteiger partial charge < -0.3 is 0 Å². The van der Waals surface area contributed by atoms with Gasteiger partial charge in [0.1, 0.15) is 5.69 Å². The predicted octanol–water partition coefficient (Wildman–Crippen LogP) is 6.24. The van der Waals surface area contributed by atoms with Crippen LogP contribution < -0.4 is 0 Å². The molecule has 5 heteroatoms. The van der Waals surface area contributed by atoms with Gasteiger partial charge in [0.05, 0.1) is 0 Å². The van der Waals surface area contributed by atoms with Gasteiger partial charge in [0.15, 0.2) is 5.78 Å². The van der Waals surface area contributed by atoms with E-state index in [1.54, 1.807) is 6.20 Å². The minimum atomic E-state index is 0.00473. The maximum Gasteiger partial charge on any atom is 0.185 e. The molecule has 2 bridgehead atoms. The summed E-state index contributed by atoms with van der Waals surface area (Å²) in [6.07, 6.45) is 9.71. The molecule has 2 aliphatic carbocycles. The number of ketones is 1. The first kappa shape index (κ1) is 22.9. The van der Waals surface area contributed by atoms with E-state index < -0.39 is 0 Å². The Labute approximate surface area is 202 Å². The number of halogens is 2. The lowest BCUT2D eigenvalue weighted by Crippen LogP contribution is -2.27. The number of nitrogens with zero attached hydrogens (tertiary/aromatic N) is 2. The van der Waals surface area contributed by atoms with Crippen LogP contribution in [0.3, 0.4) is 0 Å². The molecule has 0 saturated heterocycles. The number of hydrogen-bond acceptors (Lipinski definition) is 3. The average Bonchev–Trinajstić information content (AvgIpc) is 3.43. The van der Waals surface area contributed by atoms with E-state index in [4.69, 9.17) is 0 Å². The number of pyridine rings is 1. The number of Topliss-reactive ketones (excluding diaryl/α,β-unsaturated/α-hetero) is 1. The quantitative estimate of drug-likeness (QED) is 0.190. The lowest BCUT2D eigenvalue weighted by atomic mass is 9.75. The number of alkyl halides is 2. The second-order valence-corrected chi connectivity index (χ2v) is 10.3. The van der Waals surface area contributed by atoms with E-state index in [1.807, 2.05) is 18.2 Å². The highest BCUT2D eigenvalue weighted by Gasteiger charge is 2.48. The van der Waals surface area contributed by atoms with E-state index in [2.05, 4.69) is 78.2 Å². The smallest absolute Gasteiger partial charge is 0.185 e. The number of fused-ring (bicyclic) bond motifs is 2. The molecule has 0 spiro atoms. The van der Waals surface area contributed by atoms with Crippen molar-refractivity contribution in [2.24, 2.45) is 17.8 Å². The molecule has 4 atom stereocenters. The van der Waals surface area contributed by atoms with E-state index in [1.165, 1.54) is 11.1 Å². The molecule has 2 aliphatic rings. The highest BCUT2D eigenvalue weighted by Crippen LogP contribution is 2.53. The molecule has 1 heterocycles. The van der Waals surface area contributed by atoms with Crippen molar-refractivity contribution in [2.75, 3.05) is 23.7 Å². The SMILES string of the molecule is O=C(c1ccccn1)[C@H]1[C@H](c2ccc(CN(CCCBr)CCCBr)cc2)[C@@H]2C=C[C@H]1C2. The fourth-order valence-corrected chi connectivity index (χ4v) is 5.76. The molecule has 1 fully saturated rings. The van der Waals surface area contributed by atoms with Crippen molar-refractivity contribution in [1.29, 1.82) is 0 Å². The number of carbonyl (C=O) groups is 1. The minimum absolute atomic E-state index is 0.00473. The number of carbonyl (C=O) groups excluding carboxylic acids is 1. The van der Waals surface area contributed by atoms with Gasteiger partial charge in [0, 0.05) is 35.2 Å². The number of benzene rings is 1. The third kappa shape index (κ3) is 5.37. The molecule has 0 amide bonds. The fourth-order valence-electron chi connectivity index (χ4n) is 5.25. The van der Waals surface area contributed by atoms with Crippen LogP contribution in [0.4, 0.5) is 0 Å². The molecule has 1 saturated carbocycles. The largest absolute Gasteiger partial charge is 0.299 e. The van der Waals surface area contributed by atoms with Gasteiger partial charge in [0.25, 0.3) is 0 Å². The van der Waals surface area contributed by atoms with Crippen LogP contribution in [0.15, 0.2) is 60.8 Å². The van der Waals surface area contributed by atoms with Gasteiger partial charge in [-0.15, -0.1) is 0 Å². The minimum Gasteiger partial charge on any atom is -0.299 e. The molecular weight excluding hydrogens is 516 g/mol. The molecule has 1 aromatic heterocycles. The molecule has 164 valence electrons. The first-order chi connectivity index (χ1) is 15.2. The lowest BCUT2D eigenvalue weighted by Gasteiger charge is -2.28. The third-order valence-electron chi connectivity index (χ3n) is 6.67. The molecule has 0 N–H and O–H groups in total. The summed E-state index contributed by atoms with van der Waals surface area (Å²) >= 11 is 7.11. The molecule has 4 rings (SSSR count). The summed E-state index contributed by atoms with van der Waals surface area (Å²) in [7, 11) is 0. The molecule has 1 aromatic carbocycles. The van der Waals surface area contributed by atoms with Crippen LogP contribution in [0.1, 0.15) is 46.8 Å². The lowest BCUT2D eigenvalue weighted by molar-refractivity contribution is 0.0881. The molecule has 0 unspecified atom stereocenters. The van der Waals surface area contributed by atoms with Gasteiger partial charge in [-0.1, -0.05) is 74.3 Å². The summed E-state index contributed by atoms with van der Waals surface area (Å²) < 4.78 is 0. The summed E-state index contributed by atoms with van der Waals surface area (Å²) in [6.45, 7) is 3.20. The van der Waals surface area contributed by atoms with Crippen LogP contribution in [0.25, 0.3) is 0 Å². The molecule has 2 aromatic rings. The average molecular weight is 546 g/mol. The van der Waals surface area contributed by atoms with Crippen molar-refractivity contribution in [3.8, 4) is 0 Å². The molecule has 0 radical (unpaired) electrons. The molecular formula is C26H30Br2N2O. The number of rotatable bonds is 11. The summed E-state index contributed by atoms with van der Waals surface area (Å²) in [5, 5.41) is 2.08. The van der Waals surface area contributed by atoms with Crippen molar-refractivity contribution >= 4 is 37.6 Å². The monoisotopic (exact) mass is 544 g/mol. The van der Waals surface area contributed by atoms with Crippen molar-refractivity contribution in [3.05, 3.63) is 77.6 Å². The van der Waals surface area contributed by atoms with Crippen molar-refractivity contribution < 1.29 is 4.79 Å². The van der Waals surface area contributed by atoms with E-state index in [9.17, 15) is 4.79 Å². The van der Waals surface area contributed by atoms with E-state index in [0.717, 1.165) is 49.6 Å². The van der Waals surface area contributed by atoms with Gasteiger partial charge in [-0.05, 0) is 67.4 Å². The van der Waals surface area contributed by atoms with Gasteiger partial charge >= 0.3 is 0 Å². The Morgan fingerprint density at radius 3 is 2.32 bits per heavy atom. The number of aromatic nitrogens is 1. The second kappa shape index (κ2) is 11.0. The van der Waals surface area contributed by atoms with Crippen LogP contribution in [0, 0.1) is 17.8 Å². The fraction of sp³-hybridized carbons (Fsp3) is 0.462. The highest BCUT2D eigenvalue weighted by molar-refractivity contribution is 9.09. The standard InChI is InChI=1S/C26H30Br2N2O/c27-12-3-15-30(16-4-13-28)18-19-6-8-20(9-7-19)24-21-10-11-22(17-21)25(24)26(31)23-5-1-2-14-29-23/h1-2,5-11,14,21-22,24-25H,3-4,12-13,15-18H2/t21-,22+,24-,25-/m1/s1. The maximum absolute atomic E-state index is 13.3. The highest BCUT2D eigenvalue weighted by atomic mass is 79.9. The van der Waals surface area contributed by atoms with Crippen molar-refractivity contribution in [2.45, 2.75) is 31.7 Å². The van der Waals surface area contributed by atoms with E-state index in [0.29, 0.717) is 17.5 Å². The molecule has 31 heavy (non-hydrogen) atoms. The van der Waals surface area contributed by atoms with Crippen LogP contribution in [-0.4, -0.2) is 39.4 Å². The zero-order valence-corrected chi connectivity index (χ0v) is 21.0. The Morgan fingerprint density at radius 1 is 0.968 bits per heavy atom. The second-order valence-electron chi connectivity index (χ2n) is 8.68. The first-order valence-corrected chi connectivity index (χ1v) is 13.5. The Bertz CT molecular complexity index is 876. The Kier molecular flexibility index (Phi) is 8.13. The number of hydrogen-bond donors (Lipinski definition) is 0. The summed E-state index contributed by atoms with van der Waals surface area (Å²) in [6, 6.07) is 14.7. The van der Waals surface area contributed by atoms with Crippen molar-refractivity contribution in [3.63, 3.8) is 0 Å². The predicted molar refractivity (Wildman–Crippen MR) is 134 cm³/mol. The van der Waals surface area contributed by atoms with Crippen molar-refractivity contribution in [1.82, 2.24) is 9.88 Å². The van der Waals surface area contributed by atoms with E-state index >= 15 is 0 Å². The van der Waals surface area contributed by atoms with Gasteiger partial charge in [0.2, 0.25) is 0 Å². The van der Waals surface area contributed by atoms with Gasteiger partial charge in [-0.3, -0.25) is 14.7 Å². The Morgan fingerprint density at radius 2 is 1.68 bits per heavy atom. The van der Waals surface area contributed by atoms with Crippen LogP contribution in [-0.2, 0) is 6.54 Å². The molecule has 3 nitrogen and oxygen atoms in total. The van der Waals surface area contributed by atoms with Crippen LogP contribution in [0.2, 0.25) is 0 Å². The Balaban J connectivity index is 1.49. The topological polar surface area (TPSA) is 33.2 Å². The van der Waals surface area contributed by atoms with Gasteiger partial charge in [-0.2, -0.15) is 0 Å². The zero-order chi connectivity index (χ0) is 21.6. The van der Waals surface area contributed by atoms with Gasteiger partial charge in [-0.25, -0.2) is 0 Å². The number of allylic oxidation sites excluding steroid dienone is 2. The van der Waals surface area contributed by atoms with Crippen LogP contribution >= 0.6 is 31.9 Å². The Hall–Kier alpha value is -1.30. The van der Waals surface area contributed by atoms with Crippen LogP contribution in [0.5, 0.6) is 0 Å². The summed E-state index contributed by atoms with van der Waals surface area (Å²) in [5.41, 5.74) is 3.24. The normalized spacial score (nSPS) is 24.2. The summed E-state index contributed by atoms with van der Waals surface area (Å²) in [4.78, 5) is 20.2. The zero-order valence-electron chi connectivity index (χ0n) is 17.8. The third-order valence-corrected chi connectivity index (χ3v) is 7.79. The summed E-state index contributed by atoms with van der Waals surface area (Å²) in [5.74, 6) is 1.26. The first-order valence-electron chi connectivity index (χ1n) is 11.3.